The lowest BCUT2D eigenvalue weighted by Crippen LogP contribution is -2.33. The summed E-state index contributed by atoms with van der Waals surface area (Å²) in [6.45, 7) is 5.64. The molecule has 0 aliphatic carbocycles. The van der Waals surface area contributed by atoms with E-state index in [4.69, 9.17) is 4.52 Å². The van der Waals surface area contributed by atoms with Crippen LogP contribution in [0.25, 0.3) is 21.3 Å². The molecular weight excluding hydrogens is 388 g/mol. The van der Waals surface area contributed by atoms with Gasteiger partial charge in [0.1, 0.15) is 16.9 Å². The molecule has 0 aliphatic rings. The standard InChI is InChI=1S/C21H20N4O3S/c1-12-16(13(2)28-24-12)9-10-17(26)23-25-11-22-20-19(21(25)27)18(14(3)29-20)15-7-5-4-6-8-15/h4-8,11H,9-10H2,1-3H3,(H,23,26). The summed E-state index contributed by atoms with van der Waals surface area (Å²) < 4.78 is 6.29. The lowest BCUT2D eigenvalue weighted by Gasteiger charge is -2.08. The third-order valence-electron chi connectivity index (χ3n) is 4.88. The van der Waals surface area contributed by atoms with Gasteiger partial charge in [-0.05, 0) is 32.8 Å². The van der Waals surface area contributed by atoms with Crippen LogP contribution in [0.4, 0.5) is 0 Å². The van der Waals surface area contributed by atoms with E-state index in [1.54, 1.807) is 0 Å². The van der Waals surface area contributed by atoms with Crippen LogP contribution in [-0.2, 0) is 11.2 Å². The SMILES string of the molecule is Cc1noc(C)c1CCC(=O)Nn1cnc2sc(C)c(-c3ccccc3)c2c1=O. The Kier molecular flexibility index (Phi) is 5.02. The fourth-order valence-corrected chi connectivity index (χ4v) is 4.43. The molecule has 0 saturated heterocycles. The van der Waals surface area contributed by atoms with Crippen LogP contribution < -0.4 is 11.0 Å². The Balaban J connectivity index is 1.62. The second kappa shape index (κ2) is 7.63. The van der Waals surface area contributed by atoms with Crippen molar-refractivity contribution in [2.24, 2.45) is 0 Å². The average molecular weight is 408 g/mol. The number of rotatable bonds is 5. The van der Waals surface area contributed by atoms with Crippen LogP contribution in [0.1, 0.15) is 28.3 Å². The summed E-state index contributed by atoms with van der Waals surface area (Å²) in [6, 6.07) is 9.73. The number of benzene rings is 1. The van der Waals surface area contributed by atoms with Crippen molar-refractivity contribution in [2.75, 3.05) is 5.43 Å². The van der Waals surface area contributed by atoms with Gasteiger partial charge in [-0.3, -0.25) is 15.0 Å². The number of aromatic nitrogens is 3. The lowest BCUT2D eigenvalue weighted by molar-refractivity contribution is -0.117. The highest BCUT2D eigenvalue weighted by Gasteiger charge is 2.18. The molecule has 29 heavy (non-hydrogen) atoms. The van der Waals surface area contributed by atoms with E-state index in [0.29, 0.717) is 22.4 Å². The van der Waals surface area contributed by atoms with Crippen LogP contribution in [0.5, 0.6) is 0 Å². The van der Waals surface area contributed by atoms with Crippen molar-refractivity contribution in [1.82, 2.24) is 14.8 Å². The Morgan fingerprint density at radius 1 is 1.21 bits per heavy atom. The van der Waals surface area contributed by atoms with Crippen molar-refractivity contribution in [3.05, 3.63) is 68.9 Å². The molecule has 8 heteroatoms. The summed E-state index contributed by atoms with van der Waals surface area (Å²) in [5, 5.41) is 4.42. The highest BCUT2D eigenvalue weighted by molar-refractivity contribution is 7.19. The summed E-state index contributed by atoms with van der Waals surface area (Å²) in [4.78, 5) is 31.6. The first-order chi connectivity index (χ1) is 14.0. The zero-order valence-corrected chi connectivity index (χ0v) is 17.2. The number of amides is 1. The smallest absolute Gasteiger partial charge is 0.281 e. The van der Waals surface area contributed by atoms with Crippen LogP contribution in [0.15, 0.2) is 46.0 Å². The molecule has 4 rings (SSSR count). The minimum Gasteiger partial charge on any atom is -0.361 e. The van der Waals surface area contributed by atoms with Crippen LogP contribution in [0.3, 0.4) is 0 Å². The molecule has 3 aromatic heterocycles. The van der Waals surface area contributed by atoms with Gasteiger partial charge in [0.2, 0.25) is 5.91 Å². The maximum atomic E-state index is 13.1. The van der Waals surface area contributed by atoms with Gasteiger partial charge in [0.25, 0.3) is 5.56 Å². The van der Waals surface area contributed by atoms with Crippen LogP contribution >= 0.6 is 11.3 Å². The normalized spacial score (nSPS) is 11.1. The van der Waals surface area contributed by atoms with E-state index in [2.05, 4.69) is 15.6 Å². The van der Waals surface area contributed by atoms with Gasteiger partial charge in [0.15, 0.2) is 0 Å². The predicted octanol–water partition coefficient (Wildman–Crippen LogP) is 3.74. The molecule has 0 spiro atoms. The fraction of sp³-hybridized carbons (Fsp3) is 0.238. The van der Waals surface area contributed by atoms with Gasteiger partial charge in [-0.2, -0.15) is 0 Å². The summed E-state index contributed by atoms with van der Waals surface area (Å²) in [7, 11) is 0. The maximum absolute atomic E-state index is 13.1. The topological polar surface area (TPSA) is 90.0 Å². The number of carbonyl (C=O) groups is 1. The molecule has 3 heterocycles. The Bertz CT molecular complexity index is 1230. The molecule has 0 aliphatic heterocycles. The third kappa shape index (κ3) is 3.58. The molecule has 1 N–H and O–H groups in total. The molecule has 1 aromatic carbocycles. The van der Waals surface area contributed by atoms with Crippen LogP contribution in [0, 0.1) is 20.8 Å². The van der Waals surface area contributed by atoms with E-state index >= 15 is 0 Å². The van der Waals surface area contributed by atoms with E-state index in [9.17, 15) is 9.59 Å². The van der Waals surface area contributed by atoms with Crippen molar-refractivity contribution >= 4 is 27.5 Å². The number of carbonyl (C=O) groups excluding carboxylic acids is 1. The minimum absolute atomic E-state index is 0.210. The van der Waals surface area contributed by atoms with Gasteiger partial charge in [-0.25, -0.2) is 9.66 Å². The average Bonchev–Trinajstić information content (AvgIpc) is 3.22. The van der Waals surface area contributed by atoms with E-state index in [-0.39, 0.29) is 17.9 Å². The van der Waals surface area contributed by atoms with Gasteiger partial charge in [0.05, 0.1) is 11.1 Å². The molecule has 0 saturated carbocycles. The van der Waals surface area contributed by atoms with Crippen molar-refractivity contribution in [3.63, 3.8) is 0 Å². The Morgan fingerprint density at radius 3 is 2.66 bits per heavy atom. The zero-order chi connectivity index (χ0) is 20.5. The number of hydrogen-bond acceptors (Lipinski definition) is 6. The number of fused-ring (bicyclic) bond motifs is 1. The summed E-state index contributed by atoms with van der Waals surface area (Å²) in [5.41, 5.74) is 5.87. The van der Waals surface area contributed by atoms with Gasteiger partial charge < -0.3 is 4.52 Å². The first kappa shape index (κ1) is 19.1. The molecule has 0 radical (unpaired) electrons. The largest absolute Gasteiger partial charge is 0.361 e. The van der Waals surface area contributed by atoms with Crippen LogP contribution in [-0.4, -0.2) is 20.7 Å². The highest BCUT2D eigenvalue weighted by atomic mass is 32.1. The Hall–Kier alpha value is -3.26. The first-order valence-electron chi connectivity index (χ1n) is 9.23. The van der Waals surface area contributed by atoms with E-state index in [1.807, 2.05) is 51.1 Å². The number of nitrogens with one attached hydrogen (secondary N) is 1. The lowest BCUT2D eigenvalue weighted by atomic mass is 10.0. The zero-order valence-electron chi connectivity index (χ0n) is 16.4. The van der Waals surface area contributed by atoms with Gasteiger partial charge in [-0.15, -0.1) is 11.3 Å². The molecule has 7 nitrogen and oxygen atoms in total. The Labute approximate surface area is 171 Å². The van der Waals surface area contributed by atoms with Crippen molar-refractivity contribution in [1.29, 1.82) is 0 Å². The molecular formula is C21H20N4O3S. The van der Waals surface area contributed by atoms with Crippen molar-refractivity contribution in [2.45, 2.75) is 33.6 Å². The molecule has 1 amide bonds. The number of thiophene rings is 1. The van der Waals surface area contributed by atoms with Gasteiger partial charge in [-0.1, -0.05) is 35.5 Å². The summed E-state index contributed by atoms with van der Waals surface area (Å²) in [5.74, 6) is 0.429. The van der Waals surface area contributed by atoms with Gasteiger partial charge in [0, 0.05) is 22.4 Å². The first-order valence-corrected chi connectivity index (χ1v) is 10.0. The Morgan fingerprint density at radius 2 is 1.97 bits per heavy atom. The molecule has 4 aromatic rings. The molecule has 0 fully saturated rings. The molecule has 148 valence electrons. The number of nitrogens with zero attached hydrogens (tertiary/aromatic N) is 3. The second-order valence-corrected chi connectivity index (χ2v) is 8.04. The fourth-order valence-electron chi connectivity index (χ4n) is 3.42. The van der Waals surface area contributed by atoms with E-state index in [1.165, 1.54) is 17.7 Å². The monoisotopic (exact) mass is 408 g/mol. The molecule has 0 bridgehead atoms. The molecule has 0 atom stereocenters. The summed E-state index contributed by atoms with van der Waals surface area (Å²) in [6.07, 6.45) is 2.06. The quantitative estimate of drug-likeness (QED) is 0.543. The minimum atomic E-state index is -0.288. The number of hydrogen-bond donors (Lipinski definition) is 1. The maximum Gasteiger partial charge on any atom is 0.281 e. The third-order valence-corrected chi connectivity index (χ3v) is 5.89. The predicted molar refractivity (Wildman–Crippen MR) is 113 cm³/mol. The van der Waals surface area contributed by atoms with E-state index in [0.717, 1.165) is 31.9 Å². The highest BCUT2D eigenvalue weighted by Crippen LogP contribution is 2.35. The van der Waals surface area contributed by atoms with Gasteiger partial charge >= 0.3 is 0 Å². The van der Waals surface area contributed by atoms with E-state index < -0.39 is 0 Å². The van der Waals surface area contributed by atoms with Crippen molar-refractivity contribution < 1.29 is 9.32 Å². The number of aryl methyl sites for hydroxylation is 3. The second-order valence-electron chi connectivity index (χ2n) is 6.84. The summed E-state index contributed by atoms with van der Waals surface area (Å²) >= 11 is 1.47. The van der Waals surface area contributed by atoms with Crippen LogP contribution in [0.2, 0.25) is 0 Å². The van der Waals surface area contributed by atoms with Crippen molar-refractivity contribution in [3.8, 4) is 11.1 Å². The molecule has 0 unspecified atom stereocenters.